The summed E-state index contributed by atoms with van der Waals surface area (Å²) in [6.45, 7) is 4.31. The van der Waals surface area contributed by atoms with E-state index in [0.717, 1.165) is 18.6 Å². The number of esters is 1. The maximum Gasteiger partial charge on any atom is 0.315 e. The van der Waals surface area contributed by atoms with Gasteiger partial charge in [0.2, 0.25) is 0 Å². The van der Waals surface area contributed by atoms with Gasteiger partial charge in [0.1, 0.15) is 0 Å². The second-order valence-corrected chi connectivity index (χ2v) is 4.53. The molecule has 90 valence electrons. The fourth-order valence-corrected chi connectivity index (χ4v) is 1.79. The number of carbonyl (C=O) groups excluding carboxylic acids is 1. The van der Waals surface area contributed by atoms with Crippen LogP contribution in [0.25, 0.3) is 0 Å². The van der Waals surface area contributed by atoms with E-state index < -0.39 is 6.17 Å². The van der Waals surface area contributed by atoms with Gasteiger partial charge in [0.05, 0.1) is 18.5 Å². The Morgan fingerprint density at radius 1 is 1.47 bits per heavy atom. The lowest BCUT2D eigenvalue weighted by molar-refractivity contribution is -0.140. The van der Waals surface area contributed by atoms with Crippen molar-refractivity contribution in [2.24, 2.45) is 0 Å². The molecular formula is C11H21FO2S. The van der Waals surface area contributed by atoms with E-state index in [1.807, 2.05) is 13.8 Å². The van der Waals surface area contributed by atoms with Crippen LogP contribution in [-0.2, 0) is 9.53 Å². The van der Waals surface area contributed by atoms with Crippen molar-refractivity contribution in [3.63, 3.8) is 0 Å². The molecule has 0 saturated heterocycles. The quantitative estimate of drug-likeness (QED) is 0.454. The second-order valence-electron chi connectivity index (χ2n) is 3.42. The summed E-state index contributed by atoms with van der Waals surface area (Å²) in [5.74, 6) is 1.07. The van der Waals surface area contributed by atoms with Crippen molar-refractivity contribution in [3.05, 3.63) is 0 Å². The first kappa shape index (κ1) is 14.8. The summed E-state index contributed by atoms with van der Waals surface area (Å²) in [5.41, 5.74) is 0. The van der Waals surface area contributed by atoms with Gasteiger partial charge in [-0.05, 0) is 31.4 Å². The summed E-state index contributed by atoms with van der Waals surface area (Å²) in [5, 5.41) is 0. The van der Waals surface area contributed by atoms with E-state index in [4.69, 9.17) is 4.74 Å². The van der Waals surface area contributed by atoms with Crippen molar-refractivity contribution >= 4 is 17.7 Å². The average molecular weight is 236 g/mol. The fourth-order valence-electron chi connectivity index (χ4n) is 1.02. The van der Waals surface area contributed by atoms with Crippen LogP contribution in [0.4, 0.5) is 4.39 Å². The Labute approximate surface area is 96.0 Å². The van der Waals surface area contributed by atoms with E-state index in [0.29, 0.717) is 25.2 Å². The third-order valence-corrected chi connectivity index (χ3v) is 2.95. The molecule has 4 heteroatoms. The summed E-state index contributed by atoms with van der Waals surface area (Å²) < 4.78 is 17.7. The monoisotopic (exact) mass is 236 g/mol. The molecule has 0 radical (unpaired) electrons. The molecule has 0 aromatic carbocycles. The van der Waals surface area contributed by atoms with E-state index >= 15 is 0 Å². The molecule has 0 amide bonds. The molecule has 2 nitrogen and oxygen atoms in total. The molecular weight excluding hydrogens is 215 g/mol. The van der Waals surface area contributed by atoms with Crippen molar-refractivity contribution in [2.45, 2.75) is 45.7 Å². The van der Waals surface area contributed by atoms with Crippen molar-refractivity contribution in [2.75, 3.05) is 18.1 Å². The third kappa shape index (κ3) is 10.0. The van der Waals surface area contributed by atoms with Gasteiger partial charge in [-0.25, -0.2) is 4.39 Å². The topological polar surface area (TPSA) is 26.3 Å². The fraction of sp³-hybridized carbons (Fsp3) is 0.909. The first-order valence-corrected chi connectivity index (χ1v) is 6.73. The van der Waals surface area contributed by atoms with E-state index in [2.05, 4.69) is 0 Å². The van der Waals surface area contributed by atoms with Crippen molar-refractivity contribution in [1.82, 2.24) is 0 Å². The van der Waals surface area contributed by atoms with Crippen molar-refractivity contribution in [3.8, 4) is 0 Å². The first-order chi connectivity index (χ1) is 7.20. The number of alkyl halides is 1. The molecule has 0 aliphatic heterocycles. The van der Waals surface area contributed by atoms with Crippen LogP contribution in [0.3, 0.4) is 0 Å². The minimum Gasteiger partial charge on any atom is -0.465 e. The zero-order chi connectivity index (χ0) is 11.5. The Morgan fingerprint density at radius 2 is 2.20 bits per heavy atom. The Morgan fingerprint density at radius 3 is 2.80 bits per heavy atom. The van der Waals surface area contributed by atoms with Gasteiger partial charge in [0.15, 0.2) is 0 Å². The minimum atomic E-state index is -0.683. The van der Waals surface area contributed by atoms with Gasteiger partial charge in [-0.1, -0.05) is 13.8 Å². The maximum absolute atomic E-state index is 12.8. The molecule has 0 heterocycles. The number of halogens is 1. The number of rotatable bonds is 9. The van der Waals surface area contributed by atoms with Gasteiger partial charge < -0.3 is 4.74 Å². The molecule has 0 spiro atoms. The van der Waals surface area contributed by atoms with E-state index in [-0.39, 0.29) is 5.97 Å². The standard InChI is InChI=1S/C11H21FO2S/c1-3-7-14-11(13)9-15-8-5-6-10(12)4-2/h10H,3-9H2,1-2H3. The van der Waals surface area contributed by atoms with Gasteiger partial charge in [0, 0.05) is 0 Å². The van der Waals surface area contributed by atoms with Crippen LogP contribution in [0.15, 0.2) is 0 Å². The number of ether oxygens (including phenoxy) is 1. The van der Waals surface area contributed by atoms with Gasteiger partial charge in [0.25, 0.3) is 0 Å². The highest BCUT2D eigenvalue weighted by molar-refractivity contribution is 7.99. The highest BCUT2D eigenvalue weighted by Gasteiger charge is 2.04. The van der Waals surface area contributed by atoms with E-state index in [9.17, 15) is 9.18 Å². The first-order valence-electron chi connectivity index (χ1n) is 5.58. The minimum absolute atomic E-state index is 0.158. The van der Waals surface area contributed by atoms with Crippen LogP contribution in [0.5, 0.6) is 0 Å². The molecule has 0 saturated carbocycles. The van der Waals surface area contributed by atoms with Crippen LogP contribution in [-0.4, -0.2) is 30.3 Å². The Kier molecular flexibility index (Phi) is 10.1. The van der Waals surface area contributed by atoms with E-state index in [1.165, 1.54) is 11.8 Å². The lowest BCUT2D eigenvalue weighted by Crippen LogP contribution is -2.08. The Balaban J connectivity index is 3.19. The highest BCUT2D eigenvalue weighted by Crippen LogP contribution is 2.10. The molecule has 0 rings (SSSR count). The van der Waals surface area contributed by atoms with Crippen LogP contribution >= 0.6 is 11.8 Å². The Bertz CT molecular complexity index is 165. The molecule has 0 aliphatic carbocycles. The summed E-state index contributed by atoms with van der Waals surface area (Å²) in [6.07, 6.45) is 2.20. The molecule has 0 aromatic heterocycles. The number of carbonyl (C=O) groups is 1. The van der Waals surface area contributed by atoms with Gasteiger partial charge in [-0.2, -0.15) is 11.8 Å². The predicted molar refractivity (Wildman–Crippen MR) is 63.0 cm³/mol. The lowest BCUT2D eigenvalue weighted by atomic mass is 10.2. The summed E-state index contributed by atoms with van der Waals surface area (Å²) >= 11 is 1.52. The molecule has 0 fully saturated rings. The summed E-state index contributed by atoms with van der Waals surface area (Å²) in [6, 6.07) is 0. The van der Waals surface area contributed by atoms with Crippen molar-refractivity contribution in [1.29, 1.82) is 0 Å². The second kappa shape index (κ2) is 10.3. The van der Waals surface area contributed by atoms with Crippen LogP contribution in [0, 0.1) is 0 Å². The van der Waals surface area contributed by atoms with E-state index in [1.54, 1.807) is 0 Å². The molecule has 0 bridgehead atoms. The summed E-state index contributed by atoms with van der Waals surface area (Å²) in [7, 11) is 0. The average Bonchev–Trinajstić information content (AvgIpc) is 2.25. The number of thioether (sulfide) groups is 1. The largest absolute Gasteiger partial charge is 0.465 e. The molecule has 1 unspecified atom stereocenters. The Hall–Kier alpha value is -0.250. The number of hydrogen-bond donors (Lipinski definition) is 0. The molecule has 0 aliphatic rings. The predicted octanol–water partition coefficient (Wildman–Crippen LogP) is 3.20. The van der Waals surface area contributed by atoms with Gasteiger partial charge >= 0.3 is 5.97 Å². The van der Waals surface area contributed by atoms with Gasteiger partial charge in [-0.3, -0.25) is 4.79 Å². The van der Waals surface area contributed by atoms with Crippen LogP contribution < -0.4 is 0 Å². The molecule has 1 atom stereocenters. The molecule has 15 heavy (non-hydrogen) atoms. The van der Waals surface area contributed by atoms with Gasteiger partial charge in [-0.15, -0.1) is 0 Å². The third-order valence-electron chi connectivity index (χ3n) is 1.94. The zero-order valence-electron chi connectivity index (χ0n) is 9.63. The number of hydrogen-bond acceptors (Lipinski definition) is 3. The van der Waals surface area contributed by atoms with Crippen LogP contribution in [0.2, 0.25) is 0 Å². The summed E-state index contributed by atoms with van der Waals surface area (Å²) in [4.78, 5) is 11.0. The molecule has 0 N–H and O–H groups in total. The normalized spacial score (nSPS) is 12.5. The van der Waals surface area contributed by atoms with Crippen LogP contribution in [0.1, 0.15) is 39.5 Å². The highest BCUT2D eigenvalue weighted by atomic mass is 32.2. The SMILES string of the molecule is CCCOC(=O)CSCCCC(F)CC. The van der Waals surface area contributed by atoms with Crippen molar-refractivity contribution < 1.29 is 13.9 Å². The zero-order valence-corrected chi connectivity index (χ0v) is 10.4. The smallest absolute Gasteiger partial charge is 0.315 e. The molecule has 0 aromatic rings. The lowest BCUT2D eigenvalue weighted by Gasteiger charge is -2.05. The maximum atomic E-state index is 12.8.